The van der Waals surface area contributed by atoms with E-state index in [4.69, 9.17) is 14.2 Å². The van der Waals surface area contributed by atoms with Crippen molar-refractivity contribution in [3.8, 4) is 23.3 Å². The van der Waals surface area contributed by atoms with Crippen molar-refractivity contribution >= 4 is 33.3 Å². The van der Waals surface area contributed by atoms with Gasteiger partial charge in [-0.15, -0.1) is 0 Å². The summed E-state index contributed by atoms with van der Waals surface area (Å²) in [6.45, 7) is 0.221. The van der Waals surface area contributed by atoms with Gasteiger partial charge in [0.05, 0.1) is 30.8 Å². The molecule has 0 radical (unpaired) electrons. The zero-order valence-corrected chi connectivity index (χ0v) is 19.0. The highest BCUT2D eigenvalue weighted by Gasteiger charge is 2.11. The van der Waals surface area contributed by atoms with Crippen molar-refractivity contribution in [1.82, 2.24) is 0 Å². The first-order valence-corrected chi connectivity index (χ1v) is 10.2. The predicted octanol–water partition coefficient (Wildman–Crippen LogP) is 6.02. The summed E-state index contributed by atoms with van der Waals surface area (Å²) in [5.74, 6) is 1.66. The number of nitro groups is 1. The van der Waals surface area contributed by atoms with E-state index < -0.39 is 4.92 Å². The minimum Gasteiger partial charge on any atom is -0.493 e. The van der Waals surface area contributed by atoms with Crippen molar-refractivity contribution < 1.29 is 19.1 Å². The second-order valence-corrected chi connectivity index (χ2v) is 7.55. The number of methoxy groups -OCH3 is 2. The molecule has 0 spiro atoms. The van der Waals surface area contributed by atoms with Crippen LogP contribution in [0.4, 0.5) is 5.69 Å². The van der Waals surface area contributed by atoms with Gasteiger partial charge in [0.2, 0.25) is 0 Å². The van der Waals surface area contributed by atoms with E-state index in [0.717, 1.165) is 10.0 Å². The van der Waals surface area contributed by atoms with Crippen LogP contribution in [0.1, 0.15) is 16.7 Å². The second-order valence-electron chi connectivity index (χ2n) is 6.63. The summed E-state index contributed by atoms with van der Waals surface area (Å²) in [6, 6.07) is 19.1. The fourth-order valence-corrected chi connectivity index (χ4v) is 3.36. The Labute approximate surface area is 193 Å². The minimum absolute atomic E-state index is 0.0228. The van der Waals surface area contributed by atoms with Crippen LogP contribution in [-0.2, 0) is 6.61 Å². The molecule has 32 heavy (non-hydrogen) atoms. The molecule has 0 atom stereocenters. The van der Waals surface area contributed by atoms with Crippen LogP contribution in [0, 0.1) is 21.4 Å². The minimum atomic E-state index is -0.445. The fourth-order valence-electron chi connectivity index (χ4n) is 2.98. The number of non-ortho nitro benzene ring substituents is 1. The van der Waals surface area contributed by atoms with Gasteiger partial charge in [0, 0.05) is 22.2 Å². The topological polar surface area (TPSA) is 94.6 Å². The number of nitriles is 1. The molecular weight excluding hydrogens is 476 g/mol. The number of halogens is 1. The first kappa shape index (κ1) is 22.8. The summed E-state index contributed by atoms with van der Waals surface area (Å²) in [5.41, 5.74) is 2.60. The molecule has 0 aliphatic heterocycles. The summed E-state index contributed by atoms with van der Waals surface area (Å²) in [4.78, 5) is 10.4. The first-order chi connectivity index (χ1) is 15.4. The number of allylic oxidation sites excluding steroid dienone is 1. The standard InChI is InChI=1S/C24H19BrN2O5/c1-30-23-9-5-17(13-24(23)31-2)19(14-26)11-18-12-20(25)6-10-22(18)32-15-16-3-7-21(8-4-16)27(28)29/h3-13H,15H2,1-2H3/b19-11+. The van der Waals surface area contributed by atoms with Crippen LogP contribution in [0.25, 0.3) is 11.6 Å². The largest absolute Gasteiger partial charge is 0.493 e. The van der Waals surface area contributed by atoms with Gasteiger partial charge in [-0.25, -0.2) is 0 Å². The zero-order chi connectivity index (χ0) is 23.1. The van der Waals surface area contributed by atoms with Gasteiger partial charge in [-0.1, -0.05) is 15.9 Å². The Kier molecular flexibility index (Phi) is 7.47. The molecule has 7 nitrogen and oxygen atoms in total. The summed E-state index contributed by atoms with van der Waals surface area (Å²) in [6.07, 6.45) is 1.73. The monoisotopic (exact) mass is 494 g/mol. The molecule has 0 N–H and O–H groups in total. The number of hydrogen-bond donors (Lipinski definition) is 0. The van der Waals surface area contributed by atoms with Crippen molar-refractivity contribution in [3.63, 3.8) is 0 Å². The van der Waals surface area contributed by atoms with E-state index >= 15 is 0 Å². The predicted molar refractivity (Wildman–Crippen MR) is 125 cm³/mol. The third kappa shape index (κ3) is 5.45. The van der Waals surface area contributed by atoms with Gasteiger partial charge in [-0.05, 0) is 65.7 Å². The molecule has 0 fully saturated rings. The van der Waals surface area contributed by atoms with Gasteiger partial charge >= 0.3 is 0 Å². The highest BCUT2D eigenvalue weighted by molar-refractivity contribution is 9.10. The number of benzene rings is 3. The highest BCUT2D eigenvalue weighted by atomic mass is 79.9. The average Bonchev–Trinajstić information content (AvgIpc) is 2.81. The van der Waals surface area contributed by atoms with Crippen LogP contribution in [0.2, 0.25) is 0 Å². The Bertz CT molecular complexity index is 1200. The lowest BCUT2D eigenvalue weighted by atomic mass is 10.0. The number of ether oxygens (including phenoxy) is 3. The van der Waals surface area contributed by atoms with E-state index in [2.05, 4.69) is 22.0 Å². The maximum absolute atomic E-state index is 10.8. The SMILES string of the molecule is COc1ccc(/C(C#N)=C/c2cc(Br)ccc2OCc2ccc([N+](=O)[O-])cc2)cc1OC. The third-order valence-electron chi connectivity index (χ3n) is 4.63. The maximum Gasteiger partial charge on any atom is 0.269 e. The summed E-state index contributed by atoms with van der Waals surface area (Å²) >= 11 is 3.46. The molecule has 0 heterocycles. The molecule has 162 valence electrons. The Balaban J connectivity index is 1.90. The van der Waals surface area contributed by atoms with Crippen LogP contribution >= 0.6 is 15.9 Å². The molecule has 0 unspecified atom stereocenters. The number of hydrogen-bond acceptors (Lipinski definition) is 6. The van der Waals surface area contributed by atoms with Gasteiger partial charge in [0.25, 0.3) is 5.69 Å². The van der Waals surface area contributed by atoms with Crippen LogP contribution in [0.3, 0.4) is 0 Å². The van der Waals surface area contributed by atoms with Crippen LogP contribution in [0.5, 0.6) is 17.2 Å². The van der Waals surface area contributed by atoms with Gasteiger partial charge in [0.1, 0.15) is 12.4 Å². The summed E-state index contributed by atoms with van der Waals surface area (Å²) < 4.78 is 17.4. The average molecular weight is 495 g/mol. The molecule has 3 aromatic rings. The lowest BCUT2D eigenvalue weighted by Gasteiger charge is -2.12. The number of nitrogens with zero attached hydrogens (tertiary/aromatic N) is 2. The Hall–Kier alpha value is -3.83. The Morgan fingerprint density at radius 2 is 1.72 bits per heavy atom. The smallest absolute Gasteiger partial charge is 0.269 e. The Morgan fingerprint density at radius 3 is 2.34 bits per heavy atom. The van der Waals surface area contributed by atoms with Crippen molar-refractivity contribution in [2.24, 2.45) is 0 Å². The van der Waals surface area contributed by atoms with Crippen LogP contribution in [0.15, 0.2) is 65.1 Å². The van der Waals surface area contributed by atoms with Crippen LogP contribution in [-0.4, -0.2) is 19.1 Å². The lowest BCUT2D eigenvalue weighted by Crippen LogP contribution is -1.98. The van der Waals surface area contributed by atoms with Gasteiger partial charge in [-0.3, -0.25) is 10.1 Å². The molecule has 0 amide bonds. The van der Waals surface area contributed by atoms with Crippen molar-refractivity contribution in [3.05, 3.63) is 91.9 Å². The maximum atomic E-state index is 10.8. The number of nitro benzene ring substituents is 1. The molecule has 0 aromatic heterocycles. The van der Waals surface area contributed by atoms with Crippen molar-refractivity contribution in [1.29, 1.82) is 5.26 Å². The van der Waals surface area contributed by atoms with E-state index in [1.54, 1.807) is 49.6 Å². The molecular formula is C24H19BrN2O5. The zero-order valence-electron chi connectivity index (χ0n) is 17.4. The van der Waals surface area contributed by atoms with Gasteiger partial charge < -0.3 is 14.2 Å². The molecule has 0 aliphatic rings. The van der Waals surface area contributed by atoms with Crippen LogP contribution < -0.4 is 14.2 Å². The summed E-state index contributed by atoms with van der Waals surface area (Å²) in [5, 5.41) is 20.6. The number of rotatable bonds is 8. The quantitative estimate of drug-likeness (QED) is 0.164. The van der Waals surface area contributed by atoms with Crippen molar-refractivity contribution in [2.75, 3.05) is 14.2 Å². The van der Waals surface area contributed by atoms with Gasteiger partial charge in [-0.2, -0.15) is 5.26 Å². The normalized spacial score (nSPS) is 10.9. The second kappa shape index (κ2) is 10.5. The van der Waals surface area contributed by atoms with E-state index in [9.17, 15) is 15.4 Å². The molecule has 0 aliphatic carbocycles. The molecule has 0 saturated heterocycles. The lowest BCUT2D eigenvalue weighted by molar-refractivity contribution is -0.384. The molecule has 0 bridgehead atoms. The molecule has 3 aromatic carbocycles. The molecule has 8 heteroatoms. The third-order valence-corrected chi connectivity index (χ3v) is 5.12. The Morgan fingerprint density at radius 1 is 1.03 bits per heavy atom. The fraction of sp³-hybridized carbons (Fsp3) is 0.125. The van der Waals surface area contributed by atoms with E-state index in [1.165, 1.54) is 19.2 Å². The molecule has 3 rings (SSSR count). The van der Waals surface area contributed by atoms with Gasteiger partial charge in [0.15, 0.2) is 11.5 Å². The highest BCUT2D eigenvalue weighted by Crippen LogP contribution is 2.33. The van der Waals surface area contributed by atoms with E-state index in [-0.39, 0.29) is 12.3 Å². The van der Waals surface area contributed by atoms with E-state index in [1.807, 2.05) is 12.1 Å². The summed E-state index contributed by atoms with van der Waals surface area (Å²) in [7, 11) is 3.09. The van der Waals surface area contributed by atoms with Crippen molar-refractivity contribution in [2.45, 2.75) is 6.61 Å². The first-order valence-electron chi connectivity index (χ1n) is 9.45. The van der Waals surface area contributed by atoms with E-state index in [0.29, 0.717) is 33.9 Å². The molecule has 0 saturated carbocycles.